The Kier molecular flexibility index (Phi) is 5.17. The van der Waals surface area contributed by atoms with Gasteiger partial charge in [-0.05, 0) is 29.2 Å². The van der Waals surface area contributed by atoms with Gasteiger partial charge in [-0.25, -0.2) is 0 Å². The van der Waals surface area contributed by atoms with Crippen LogP contribution in [0.1, 0.15) is 29.2 Å². The molecule has 0 aliphatic carbocycles. The fraction of sp³-hybridized carbons (Fsp3) is 0.385. The maximum atomic E-state index is 11.3. The monoisotopic (exact) mass is 295 g/mol. The zero-order valence-corrected chi connectivity index (χ0v) is 11.5. The first kappa shape index (κ1) is 13.7. The molecule has 0 fully saturated rings. The van der Waals surface area contributed by atoms with Crippen molar-refractivity contribution in [3.63, 3.8) is 0 Å². The van der Waals surface area contributed by atoms with Gasteiger partial charge < -0.3 is 4.74 Å². The fourth-order valence-corrected chi connectivity index (χ4v) is 2.14. The van der Waals surface area contributed by atoms with E-state index in [-0.39, 0.29) is 12.4 Å². The highest BCUT2D eigenvalue weighted by Crippen LogP contribution is 2.20. The number of carbonyl (C=O) groups excluding carboxylic acids is 1. The van der Waals surface area contributed by atoms with Gasteiger partial charge >= 0.3 is 5.97 Å². The number of alkyl halides is 1. The Morgan fingerprint density at radius 1 is 1.41 bits per heavy atom. The molecule has 0 spiro atoms. The number of halogens is 1. The van der Waals surface area contributed by atoms with Gasteiger partial charge in [-0.1, -0.05) is 28.9 Å². The Bertz CT molecular complexity index is 463. The second-order valence-corrected chi connectivity index (χ2v) is 4.19. The van der Waals surface area contributed by atoms with Crippen LogP contribution in [0.5, 0.6) is 0 Å². The molecule has 0 aromatic heterocycles. The van der Waals surface area contributed by atoms with Crippen molar-refractivity contribution < 1.29 is 9.53 Å². The van der Waals surface area contributed by atoms with Gasteiger partial charge in [0.15, 0.2) is 0 Å². The number of hydrogen-bond acceptors (Lipinski definition) is 3. The predicted molar refractivity (Wildman–Crippen MR) is 68.9 cm³/mol. The summed E-state index contributed by atoms with van der Waals surface area (Å²) in [5, 5.41) is 9.68. The highest BCUT2D eigenvalue weighted by molar-refractivity contribution is 9.08. The number of hydrogen-bond donors (Lipinski definition) is 0. The van der Waals surface area contributed by atoms with Crippen LogP contribution in [0.3, 0.4) is 0 Å². The number of nitrogens with zero attached hydrogens (tertiary/aromatic N) is 1. The van der Waals surface area contributed by atoms with Crippen molar-refractivity contribution in [2.24, 2.45) is 0 Å². The molecule has 4 heteroatoms. The van der Waals surface area contributed by atoms with Crippen LogP contribution < -0.4 is 0 Å². The van der Waals surface area contributed by atoms with Crippen LogP contribution in [0, 0.1) is 11.3 Å². The number of benzene rings is 1. The number of methoxy groups -OCH3 is 1. The summed E-state index contributed by atoms with van der Waals surface area (Å²) in [6, 6.07) is 5.91. The summed E-state index contributed by atoms with van der Waals surface area (Å²) in [4.78, 5) is 11.3. The van der Waals surface area contributed by atoms with E-state index in [0.29, 0.717) is 10.9 Å². The highest BCUT2D eigenvalue weighted by atomic mass is 79.9. The van der Waals surface area contributed by atoms with Gasteiger partial charge in [-0.2, -0.15) is 5.26 Å². The molecule has 0 unspecified atom stereocenters. The summed E-state index contributed by atoms with van der Waals surface area (Å²) >= 11 is 3.36. The molecule has 0 aliphatic rings. The molecule has 0 N–H and O–H groups in total. The summed E-state index contributed by atoms with van der Waals surface area (Å²) in [5.74, 6) is -0.282. The van der Waals surface area contributed by atoms with Crippen LogP contribution in [0.2, 0.25) is 0 Å². The van der Waals surface area contributed by atoms with Crippen LogP contribution >= 0.6 is 15.9 Å². The number of esters is 1. The van der Waals surface area contributed by atoms with Crippen LogP contribution in [0.15, 0.2) is 12.1 Å². The molecule has 0 saturated heterocycles. The minimum Gasteiger partial charge on any atom is -0.469 e. The lowest BCUT2D eigenvalue weighted by atomic mass is 9.96. The van der Waals surface area contributed by atoms with Gasteiger partial charge in [0, 0.05) is 5.33 Å². The van der Waals surface area contributed by atoms with E-state index in [9.17, 15) is 4.79 Å². The lowest BCUT2D eigenvalue weighted by Crippen LogP contribution is -2.08. The molecule has 0 radical (unpaired) electrons. The normalized spacial score (nSPS) is 9.76. The molecule has 1 rings (SSSR count). The third kappa shape index (κ3) is 3.31. The first-order chi connectivity index (χ1) is 8.15. The van der Waals surface area contributed by atoms with E-state index in [0.717, 1.165) is 23.1 Å². The van der Waals surface area contributed by atoms with Crippen LogP contribution in [-0.4, -0.2) is 13.1 Å². The van der Waals surface area contributed by atoms with E-state index in [1.807, 2.05) is 13.0 Å². The minimum atomic E-state index is -0.282. The molecular formula is C13H14BrNO2. The minimum absolute atomic E-state index is 0.219. The van der Waals surface area contributed by atoms with Gasteiger partial charge in [0.25, 0.3) is 0 Å². The largest absolute Gasteiger partial charge is 0.469 e. The molecule has 3 nitrogen and oxygen atoms in total. The number of carbonyl (C=O) groups is 1. The highest BCUT2D eigenvalue weighted by Gasteiger charge is 2.11. The first-order valence-electron chi connectivity index (χ1n) is 5.33. The topological polar surface area (TPSA) is 50.1 Å². The van der Waals surface area contributed by atoms with Crippen molar-refractivity contribution >= 4 is 21.9 Å². The SMILES string of the molecule is CCc1cc(CBr)c(C#N)cc1CC(=O)OC. The molecular weight excluding hydrogens is 282 g/mol. The van der Waals surface area contributed by atoms with Crippen molar-refractivity contribution in [1.82, 2.24) is 0 Å². The lowest BCUT2D eigenvalue weighted by molar-refractivity contribution is -0.139. The van der Waals surface area contributed by atoms with Gasteiger partial charge in [0.05, 0.1) is 25.2 Å². The molecule has 0 aliphatic heterocycles. The van der Waals surface area contributed by atoms with Crippen LogP contribution in [0.4, 0.5) is 0 Å². The van der Waals surface area contributed by atoms with Gasteiger partial charge in [0.1, 0.15) is 0 Å². The number of nitriles is 1. The maximum absolute atomic E-state index is 11.3. The Morgan fingerprint density at radius 3 is 2.59 bits per heavy atom. The van der Waals surface area contributed by atoms with Crippen molar-refractivity contribution in [2.45, 2.75) is 25.1 Å². The van der Waals surface area contributed by atoms with E-state index in [1.54, 1.807) is 6.07 Å². The lowest BCUT2D eigenvalue weighted by Gasteiger charge is -2.10. The number of aryl methyl sites for hydroxylation is 1. The molecule has 0 amide bonds. The van der Waals surface area contributed by atoms with Crippen molar-refractivity contribution in [2.75, 3.05) is 7.11 Å². The second-order valence-electron chi connectivity index (χ2n) is 3.63. The summed E-state index contributed by atoms with van der Waals surface area (Å²) in [6.07, 6.45) is 1.05. The number of ether oxygens (including phenoxy) is 1. The number of rotatable bonds is 4. The standard InChI is InChI=1S/C13H14BrNO2/c1-3-9-4-11(7-14)12(8-15)5-10(9)6-13(16)17-2/h4-5H,3,6-7H2,1-2H3. The van der Waals surface area contributed by atoms with Crippen LogP contribution in [0.25, 0.3) is 0 Å². The summed E-state index contributed by atoms with van der Waals surface area (Å²) in [5.41, 5.74) is 3.53. The smallest absolute Gasteiger partial charge is 0.309 e. The zero-order chi connectivity index (χ0) is 12.8. The zero-order valence-electron chi connectivity index (χ0n) is 9.92. The third-order valence-corrected chi connectivity index (χ3v) is 3.24. The fourth-order valence-electron chi connectivity index (χ4n) is 1.68. The molecule has 0 bridgehead atoms. The molecule has 0 heterocycles. The Morgan fingerprint density at radius 2 is 2.12 bits per heavy atom. The molecule has 1 aromatic carbocycles. The molecule has 17 heavy (non-hydrogen) atoms. The summed E-state index contributed by atoms with van der Waals surface area (Å²) < 4.78 is 4.65. The van der Waals surface area contributed by atoms with Gasteiger partial charge in [-0.15, -0.1) is 0 Å². The van der Waals surface area contributed by atoms with Crippen LogP contribution in [-0.2, 0) is 27.7 Å². The molecule has 0 atom stereocenters. The molecule has 90 valence electrons. The maximum Gasteiger partial charge on any atom is 0.309 e. The molecule has 1 aromatic rings. The van der Waals surface area contributed by atoms with Gasteiger partial charge in [-0.3, -0.25) is 4.79 Å². The third-order valence-electron chi connectivity index (χ3n) is 2.63. The van der Waals surface area contributed by atoms with Crippen molar-refractivity contribution in [1.29, 1.82) is 5.26 Å². The van der Waals surface area contributed by atoms with E-state index >= 15 is 0 Å². The van der Waals surface area contributed by atoms with Crippen molar-refractivity contribution in [3.05, 3.63) is 34.4 Å². The predicted octanol–water partition coefficient (Wildman–Crippen LogP) is 2.73. The Hall–Kier alpha value is -1.34. The summed E-state index contributed by atoms with van der Waals surface area (Å²) in [7, 11) is 1.37. The summed E-state index contributed by atoms with van der Waals surface area (Å²) in [6.45, 7) is 2.03. The average Bonchev–Trinajstić information content (AvgIpc) is 2.37. The van der Waals surface area contributed by atoms with E-state index in [4.69, 9.17) is 5.26 Å². The average molecular weight is 296 g/mol. The second kappa shape index (κ2) is 6.41. The van der Waals surface area contributed by atoms with E-state index in [2.05, 4.69) is 26.7 Å². The van der Waals surface area contributed by atoms with Crippen molar-refractivity contribution in [3.8, 4) is 6.07 Å². The van der Waals surface area contributed by atoms with Gasteiger partial charge in [0.2, 0.25) is 0 Å². The molecule has 0 saturated carbocycles. The Labute approximate surface area is 110 Å². The Balaban J connectivity index is 3.20. The van der Waals surface area contributed by atoms with E-state index < -0.39 is 0 Å². The first-order valence-corrected chi connectivity index (χ1v) is 6.45. The van der Waals surface area contributed by atoms with E-state index in [1.165, 1.54) is 7.11 Å². The quantitative estimate of drug-likeness (QED) is 0.634.